The van der Waals surface area contributed by atoms with Crippen molar-refractivity contribution in [2.24, 2.45) is 0 Å². The number of carbonyl (C=O) groups is 1. The Morgan fingerprint density at radius 3 is 2.50 bits per heavy atom. The molecule has 11 nitrogen and oxygen atoms in total. The third-order valence-corrected chi connectivity index (χ3v) is 9.59. The zero-order chi connectivity index (χ0) is 25.4. The van der Waals surface area contributed by atoms with Gasteiger partial charge in [-0.25, -0.2) is 13.4 Å². The molecule has 2 fully saturated rings. The maximum absolute atomic E-state index is 13.4. The molecule has 0 aliphatic carbocycles. The summed E-state index contributed by atoms with van der Waals surface area (Å²) in [7, 11) is -2.30. The number of hydrogen-bond donors (Lipinski definition) is 0. The van der Waals surface area contributed by atoms with Crippen molar-refractivity contribution in [1.29, 1.82) is 0 Å². The number of nitro benzene ring substituents is 1. The van der Waals surface area contributed by atoms with Crippen LogP contribution in [0.4, 0.5) is 10.8 Å². The van der Waals surface area contributed by atoms with E-state index in [1.165, 1.54) is 47.0 Å². The van der Waals surface area contributed by atoms with Gasteiger partial charge < -0.3 is 14.5 Å². The molecule has 5 rings (SSSR count). The zero-order valence-corrected chi connectivity index (χ0v) is 21.2. The zero-order valence-electron chi connectivity index (χ0n) is 19.6. The maximum Gasteiger partial charge on any atom is 0.270 e. The third kappa shape index (κ3) is 4.49. The third-order valence-electron chi connectivity index (χ3n) is 6.59. The molecule has 1 unspecified atom stereocenters. The lowest BCUT2D eigenvalue weighted by molar-refractivity contribution is -0.384. The Bertz CT molecular complexity index is 1400. The number of methoxy groups -OCH3 is 1. The van der Waals surface area contributed by atoms with Crippen molar-refractivity contribution < 1.29 is 22.9 Å². The van der Waals surface area contributed by atoms with Gasteiger partial charge >= 0.3 is 0 Å². The second-order valence-electron chi connectivity index (χ2n) is 8.67. The Hall–Kier alpha value is -3.29. The summed E-state index contributed by atoms with van der Waals surface area (Å²) in [6, 6.07) is 10.1. The average molecular weight is 532 g/mol. The Kier molecular flexibility index (Phi) is 6.53. The number of piperazine rings is 1. The molecular formula is C23H25N5O6S2. The van der Waals surface area contributed by atoms with Gasteiger partial charge in [0, 0.05) is 44.9 Å². The second-order valence-corrected chi connectivity index (χ2v) is 11.6. The standard InChI is InChI=1S/C23H25N5O6S2/c1-34-17-5-7-18(8-6-17)36(32,33)27-10-2-3-20(27)22(29)25-11-13-26(14-12-25)23-24-19-9-4-16(28(30)31)15-21(19)35-23/h4-9,15,20H,2-3,10-14H2,1H3. The molecule has 0 saturated carbocycles. The number of anilines is 1. The first-order chi connectivity index (χ1) is 17.3. The fourth-order valence-electron chi connectivity index (χ4n) is 4.64. The van der Waals surface area contributed by atoms with E-state index in [0.29, 0.717) is 56.8 Å². The molecule has 0 N–H and O–H groups in total. The van der Waals surface area contributed by atoms with Crippen molar-refractivity contribution in [3.8, 4) is 5.75 Å². The van der Waals surface area contributed by atoms with Crippen molar-refractivity contribution in [2.45, 2.75) is 23.8 Å². The number of benzene rings is 2. The number of fused-ring (bicyclic) bond motifs is 1. The van der Waals surface area contributed by atoms with E-state index in [9.17, 15) is 23.3 Å². The summed E-state index contributed by atoms with van der Waals surface area (Å²) in [5.74, 6) is 0.386. The molecule has 0 bridgehead atoms. The van der Waals surface area contributed by atoms with Crippen LogP contribution in [0.15, 0.2) is 47.4 Å². The highest BCUT2D eigenvalue weighted by Crippen LogP contribution is 2.33. The van der Waals surface area contributed by atoms with E-state index in [1.807, 2.05) is 0 Å². The summed E-state index contributed by atoms with van der Waals surface area (Å²) in [5, 5.41) is 11.8. The van der Waals surface area contributed by atoms with Gasteiger partial charge in [-0.3, -0.25) is 14.9 Å². The summed E-state index contributed by atoms with van der Waals surface area (Å²) in [4.78, 5) is 32.5. The Labute approximate surface area is 212 Å². The van der Waals surface area contributed by atoms with Crippen molar-refractivity contribution in [2.75, 3.05) is 44.7 Å². The van der Waals surface area contributed by atoms with Crippen LogP contribution in [0.2, 0.25) is 0 Å². The number of nitrogens with zero attached hydrogens (tertiary/aromatic N) is 5. The minimum Gasteiger partial charge on any atom is -0.497 e. The molecule has 1 aromatic heterocycles. The van der Waals surface area contributed by atoms with Crippen LogP contribution >= 0.6 is 11.3 Å². The first-order valence-corrected chi connectivity index (χ1v) is 13.8. The van der Waals surface area contributed by atoms with Crippen molar-refractivity contribution in [1.82, 2.24) is 14.2 Å². The molecule has 3 heterocycles. The summed E-state index contributed by atoms with van der Waals surface area (Å²) in [6.07, 6.45) is 1.12. The van der Waals surface area contributed by atoms with Gasteiger partial charge in [-0.15, -0.1) is 0 Å². The molecule has 1 amide bonds. The van der Waals surface area contributed by atoms with Gasteiger partial charge in [0.05, 0.1) is 27.1 Å². The topological polar surface area (TPSA) is 126 Å². The SMILES string of the molecule is COc1ccc(S(=O)(=O)N2CCCC2C(=O)N2CCN(c3nc4ccc([N+](=O)[O-])cc4s3)CC2)cc1. The van der Waals surface area contributed by atoms with Crippen LogP contribution < -0.4 is 9.64 Å². The number of ether oxygens (including phenoxy) is 1. The average Bonchev–Trinajstić information content (AvgIpc) is 3.56. The molecule has 36 heavy (non-hydrogen) atoms. The van der Waals surface area contributed by atoms with Crippen LogP contribution in [0.1, 0.15) is 12.8 Å². The molecule has 1 atom stereocenters. The lowest BCUT2D eigenvalue weighted by atomic mass is 10.2. The predicted octanol–water partition coefficient (Wildman–Crippen LogP) is 2.72. The number of aromatic nitrogens is 1. The smallest absolute Gasteiger partial charge is 0.270 e. The van der Waals surface area contributed by atoms with E-state index in [2.05, 4.69) is 9.88 Å². The number of nitro groups is 1. The van der Waals surface area contributed by atoms with Gasteiger partial charge in [0.15, 0.2) is 5.13 Å². The molecule has 0 radical (unpaired) electrons. The quantitative estimate of drug-likeness (QED) is 0.351. The lowest BCUT2D eigenvalue weighted by Crippen LogP contribution is -2.54. The van der Waals surface area contributed by atoms with E-state index in [4.69, 9.17) is 4.74 Å². The van der Waals surface area contributed by atoms with E-state index < -0.39 is 21.0 Å². The number of amides is 1. The highest BCUT2D eigenvalue weighted by molar-refractivity contribution is 7.89. The van der Waals surface area contributed by atoms with Crippen molar-refractivity contribution >= 4 is 48.3 Å². The van der Waals surface area contributed by atoms with Gasteiger partial charge in [0.25, 0.3) is 5.69 Å². The number of rotatable bonds is 6. The molecule has 3 aromatic rings. The molecule has 0 spiro atoms. The first-order valence-electron chi connectivity index (χ1n) is 11.5. The monoisotopic (exact) mass is 531 g/mol. The van der Waals surface area contributed by atoms with Gasteiger partial charge in [0.1, 0.15) is 11.8 Å². The number of thiazole rings is 1. The van der Waals surface area contributed by atoms with E-state index in [-0.39, 0.29) is 16.5 Å². The van der Waals surface area contributed by atoms with Crippen LogP contribution in [0.25, 0.3) is 10.2 Å². The van der Waals surface area contributed by atoms with Gasteiger partial charge in [0.2, 0.25) is 15.9 Å². The first kappa shape index (κ1) is 24.4. The van der Waals surface area contributed by atoms with Crippen molar-refractivity contribution in [3.63, 3.8) is 0 Å². The lowest BCUT2D eigenvalue weighted by Gasteiger charge is -2.37. The van der Waals surface area contributed by atoms with Crippen LogP contribution in [0.5, 0.6) is 5.75 Å². The molecule has 190 valence electrons. The minimum absolute atomic E-state index is 0.0267. The molecular weight excluding hydrogens is 506 g/mol. The van der Waals surface area contributed by atoms with E-state index >= 15 is 0 Å². The van der Waals surface area contributed by atoms with E-state index in [0.717, 1.165) is 9.83 Å². The highest BCUT2D eigenvalue weighted by Gasteiger charge is 2.41. The molecule has 2 aliphatic rings. The maximum atomic E-state index is 13.4. The molecule has 2 aliphatic heterocycles. The summed E-state index contributed by atoms with van der Waals surface area (Å²) in [6.45, 7) is 2.30. The second kappa shape index (κ2) is 9.64. The fourth-order valence-corrected chi connectivity index (χ4v) is 7.34. The number of non-ortho nitro benzene ring substituents is 1. The Balaban J connectivity index is 1.26. The number of hydrogen-bond acceptors (Lipinski definition) is 9. The van der Waals surface area contributed by atoms with Crippen molar-refractivity contribution in [3.05, 3.63) is 52.6 Å². The van der Waals surface area contributed by atoms with Crippen LogP contribution in [0.3, 0.4) is 0 Å². The highest BCUT2D eigenvalue weighted by atomic mass is 32.2. The minimum atomic E-state index is -3.81. The Morgan fingerprint density at radius 2 is 1.83 bits per heavy atom. The van der Waals surface area contributed by atoms with Gasteiger partial charge in [-0.1, -0.05) is 11.3 Å². The normalized spacial score (nSPS) is 19.1. The number of sulfonamides is 1. The van der Waals surface area contributed by atoms with Crippen LogP contribution in [-0.2, 0) is 14.8 Å². The van der Waals surface area contributed by atoms with Crippen LogP contribution in [0, 0.1) is 10.1 Å². The molecule has 2 aromatic carbocycles. The molecule has 13 heteroatoms. The summed E-state index contributed by atoms with van der Waals surface area (Å²) < 4.78 is 33.7. The molecule has 2 saturated heterocycles. The number of carbonyl (C=O) groups excluding carboxylic acids is 1. The van der Waals surface area contributed by atoms with Crippen LogP contribution in [-0.4, -0.2) is 79.3 Å². The fraction of sp³-hybridized carbons (Fsp3) is 0.391. The predicted molar refractivity (Wildman–Crippen MR) is 135 cm³/mol. The summed E-state index contributed by atoms with van der Waals surface area (Å²) in [5.41, 5.74) is 0.725. The van der Waals surface area contributed by atoms with Gasteiger partial charge in [-0.2, -0.15) is 4.31 Å². The largest absolute Gasteiger partial charge is 0.497 e. The van der Waals surface area contributed by atoms with Gasteiger partial charge in [-0.05, 0) is 43.2 Å². The summed E-state index contributed by atoms with van der Waals surface area (Å²) >= 11 is 1.38. The Morgan fingerprint density at radius 1 is 1.11 bits per heavy atom. The van der Waals surface area contributed by atoms with E-state index in [1.54, 1.807) is 23.1 Å².